The van der Waals surface area contributed by atoms with Crippen LogP contribution in [-0.4, -0.2) is 48.6 Å². The summed E-state index contributed by atoms with van der Waals surface area (Å²) in [4.78, 5) is 7.04. The van der Waals surface area contributed by atoms with Gasteiger partial charge in [-0.1, -0.05) is 19.3 Å². The second kappa shape index (κ2) is 6.02. The van der Waals surface area contributed by atoms with E-state index in [9.17, 15) is 0 Å². The molecule has 2 aliphatic rings. The van der Waals surface area contributed by atoms with Crippen LogP contribution in [0, 0.1) is 0 Å². The fraction of sp³-hybridized carbons (Fsp3) is 0.929. The Morgan fingerprint density at radius 3 is 2.72 bits per heavy atom. The minimum Gasteiger partial charge on any atom is -0.386 e. The smallest absolute Gasteiger partial charge is 0.108 e. The minimum atomic E-state index is -0.0522. The molecule has 2 rings (SSSR count). The van der Waals surface area contributed by atoms with Crippen LogP contribution in [0.4, 0.5) is 0 Å². The molecule has 1 heterocycles. The van der Waals surface area contributed by atoms with E-state index in [1.165, 1.54) is 32.1 Å². The summed E-state index contributed by atoms with van der Waals surface area (Å²) in [5, 5.41) is 0. The molecule has 1 aliphatic carbocycles. The molecule has 0 aromatic carbocycles. The average molecular weight is 253 g/mol. The van der Waals surface area contributed by atoms with Gasteiger partial charge in [0.15, 0.2) is 0 Å². The molecule has 2 fully saturated rings. The zero-order valence-corrected chi connectivity index (χ0v) is 11.8. The van der Waals surface area contributed by atoms with Crippen LogP contribution in [0.15, 0.2) is 4.99 Å². The van der Waals surface area contributed by atoms with Gasteiger partial charge in [0, 0.05) is 13.1 Å². The predicted molar refractivity (Wildman–Crippen MR) is 75.0 cm³/mol. The van der Waals surface area contributed by atoms with Gasteiger partial charge in [0.1, 0.15) is 5.84 Å². The highest BCUT2D eigenvalue weighted by Gasteiger charge is 2.27. The third kappa shape index (κ3) is 4.25. The Balaban J connectivity index is 1.82. The largest absolute Gasteiger partial charge is 0.386 e. The SMILES string of the molecule is CC1(C)CN(CC(N)=NC2CCCCC2)CCO1. The Labute approximate surface area is 111 Å². The summed E-state index contributed by atoms with van der Waals surface area (Å²) in [6.45, 7) is 7.76. The van der Waals surface area contributed by atoms with E-state index >= 15 is 0 Å². The maximum atomic E-state index is 6.09. The Kier molecular flexibility index (Phi) is 4.62. The molecular formula is C14H27N3O. The molecule has 18 heavy (non-hydrogen) atoms. The van der Waals surface area contributed by atoms with Crippen molar-refractivity contribution in [2.45, 2.75) is 57.6 Å². The molecule has 4 heteroatoms. The molecule has 0 spiro atoms. The zero-order valence-electron chi connectivity index (χ0n) is 11.8. The van der Waals surface area contributed by atoms with Crippen molar-refractivity contribution in [2.24, 2.45) is 10.7 Å². The van der Waals surface area contributed by atoms with E-state index < -0.39 is 0 Å². The van der Waals surface area contributed by atoms with E-state index in [1.807, 2.05) is 0 Å². The molecule has 0 amide bonds. The Bertz CT molecular complexity index is 295. The van der Waals surface area contributed by atoms with Gasteiger partial charge in [-0.05, 0) is 26.7 Å². The number of hydrogen-bond donors (Lipinski definition) is 1. The van der Waals surface area contributed by atoms with Gasteiger partial charge in [0.2, 0.25) is 0 Å². The number of rotatable bonds is 3. The van der Waals surface area contributed by atoms with Crippen LogP contribution in [0.5, 0.6) is 0 Å². The fourth-order valence-corrected chi connectivity index (χ4v) is 2.96. The predicted octanol–water partition coefficient (Wildman–Crippen LogP) is 1.79. The van der Waals surface area contributed by atoms with E-state index in [0.29, 0.717) is 6.04 Å². The lowest BCUT2D eigenvalue weighted by molar-refractivity contribution is -0.0819. The fourth-order valence-electron chi connectivity index (χ4n) is 2.96. The van der Waals surface area contributed by atoms with Gasteiger partial charge < -0.3 is 10.5 Å². The van der Waals surface area contributed by atoms with Gasteiger partial charge in [-0.15, -0.1) is 0 Å². The topological polar surface area (TPSA) is 50.8 Å². The summed E-state index contributed by atoms with van der Waals surface area (Å²) in [6.07, 6.45) is 6.42. The lowest BCUT2D eigenvalue weighted by Crippen LogP contribution is -2.50. The molecule has 4 nitrogen and oxygen atoms in total. The standard InChI is InChI=1S/C14H27N3O/c1-14(2)11-17(8-9-18-14)10-13(15)16-12-6-4-3-5-7-12/h12H,3-11H2,1-2H3,(H2,15,16). The van der Waals surface area contributed by atoms with E-state index in [-0.39, 0.29) is 5.60 Å². The number of nitrogens with two attached hydrogens (primary N) is 1. The van der Waals surface area contributed by atoms with Crippen LogP contribution in [0.3, 0.4) is 0 Å². The van der Waals surface area contributed by atoms with Crippen LogP contribution in [0.1, 0.15) is 46.0 Å². The Morgan fingerprint density at radius 1 is 1.33 bits per heavy atom. The number of hydrogen-bond acceptors (Lipinski definition) is 3. The summed E-state index contributed by atoms with van der Waals surface area (Å²) in [5.41, 5.74) is 6.04. The van der Waals surface area contributed by atoms with Crippen molar-refractivity contribution < 1.29 is 4.74 Å². The molecule has 104 valence electrons. The van der Waals surface area contributed by atoms with E-state index in [2.05, 4.69) is 23.7 Å². The maximum absolute atomic E-state index is 6.09. The van der Waals surface area contributed by atoms with Crippen molar-refractivity contribution in [1.29, 1.82) is 0 Å². The number of amidine groups is 1. The second-order valence-corrected chi connectivity index (χ2v) is 6.23. The van der Waals surface area contributed by atoms with Crippen LogP contribution in [-0.2, 0) is 4.74 Å². The van der Waals surface area contributed by atoms with Crippen molar-refractivity contribution >= 4 is 5.84 Å². The minimum absolute atomic E-state index is 0.0522. The summed E-state index contributed by atoms with van der Waals surface area (Å²) in [6, 6.07) is 0.479. The van der Waals surface area contributed by atoms with Crippen molar-refractivity contribution in [3.05, 3.63) is 0 Å². The molecule has 1 saturated carbocycles. The third-order valence-electron chi connectivity index (χ3n) is 3.81. The monoisotopic (exact) mass is 253 g/mol. The van der Waals surface area contributed by atoms with Crippen molar-refractivity contribution in [3.63, 3.8) is 0 Å². The molecule has 0 unspecified atom stereocenters. The Hall–Kier alpha value is -0.610. The van der Waals surface area contributed by atoms with E-state index in [0.717, 1.165) is 32.1 Å². The number of aliphatic imine (C=N–C) groups is 1. The molecule has 0 bridgehead atoms. The van der Waals surface area contributed by atoms with Crippen molar-refractivity contribution in [2.75, 3.05) is 26.2 Å². The molecule has 2 N–H and O–H groups in total. The summed E-state index contributed by atoms with van der Waals surface area (Å²) < 4.78 is 5.70. The first-order chi connectivity index (χ1) is 8.55. The first-order valence-corrected chi connectivity index (χ1v) is 7.24. The van der Waals surface area contributed by atoms with Gasteiger partial charge in [0.05, 0.1) is 24.8 Å². The van der Waals surface area contributed by atoms with Gasteiger partial charge >= 0.3 is 0 Å². The first kappa shape index (κ1) is 13.8. The lowest BCUT2D eigenvalue weighted by atomic mass is 9.96. The summed E-state index contributed by atoms with van der Waals surface area (Å²) >= 11 is 0. The van der Waals surface area contributed by atoms with E-state index in [4.69, 9.17) is 10.5 Å². The van der Waals surface area contributed by atoms with Crippen molar-refractivity contribution in [3.8, 4) is 0 Å². The van der Waals surface area contributed by atoms with E-state index in [1.54, 1.807) is 0 Å². The molecule has 0 atom stereocenters. The van der Waals surface area contributed by atoms with Gasteiger partial charge in [-0.3, -0.25) is 9.89 Å². The zero-order chi connectivity index (χ0) is 13.0. The van der Waals surface area contributed by atoms with Gasteiger partial charge in [-0.25, -0.2) is 0 Å². The maximum Gasteiger partial charge on any atom is 0.108 e. The van der Waals surface area contributed by atoms with Crippen LogP contribution >= 0.6 is 0 Å². The summed E-state index contributed by atoms with van der Waals surface area (Å²) in [5.74, 6) is 0.805. The molecule has 1 aliphatic heterocycles. The van der Waals surface area contributed by atoms with Crippen LogP contribution < -0.4 is 5.73 Å². The molecule has 0 aromatic heterocycles. The number of nitrogens with zero attached hydrogens (tertiary/aromatic N) is 2. The molecule has 1 saturated heterocycles. The second-order valence-electron chi connectivity index (χ2n) is 6.23. The highest BCUT2D eigenvalue weighted by atomic mass is 16.5. The molecule has 0 radical (unpaired) electrons. The van der Waals surface area contributed by atoms with Gasteiger partial charge in [-0.2, -0.15) is 0 Å². The quantitative estimate of drug-likeness (QED) is 0.616. The highest BCUT2D eigenvalue weighted by molar-refractivity contribution is 5.82. The normalized spacial score (nSPS) is 27.3. The Morgan fingerprint density at radius 2 is 2.06 bits per heavy atom. The number of ether oxygens (including phenoxy) is 1. The van der Waals surface area contributed by atoms with Gasteiger partial charge in [0.25, 0.3) is 0 Å². The molecule has 0 aromatic rings. The first-order valence-electron chi connectivity index (χ1n) is 7.24. The average Bonchev–Trinajstić information content (AvgIpc) is 2.28. The lowest BCUT2D eigenvalue weighted by Gasteiger charge is -2.38. The molecular weight excluding hydrogens is 226 g/mol. The highest BCUT2D eigenvalue weighted by Crippen LogP contribution is 2.20. The third-order valence-corrected chi connectivity index (χ3v) is 3.81. The van der Waals surface area contributed by atoms with Crippen LogP contribution in [0.2, 0.25) is 0 Å². The summed E-state index contributed by atoms with van der Waals surface area (Å²) in [7, 11) is 0. The van der Waals surface area contributed by atoms with Crippen LogP contribution in [0.25, 0.3) is 0 Å². The van der Waals surface area contributed by atoms with Crippen molar-refractivity contribution in [1.82, 2.24) is 4.90 Å². The number of morpholine rings is 1.